The van der Waals surface area contributed by atoms with Crippen LogP contribution in [0.4, 0.5) is 5.69 Å². The average Bonchev–Trinajstić information content (AvgIpc) is 2.33. The van der Waals surface area contributed by atoms with Crippen molar-refractivity contribution in [3.63, 3.8) is 0 Å². The molecule has 1 fully saturated rings. The molecule has 1 aromatic carbocycles. The van der Waals surface area contributed by atoms with Crippen LogP contribution in [0.15, 0.2) is 18.2 Å². The van der Waals surface area contributed by atoms with Crippen LogP contribution in [0, 0.1) is 0 Å². The normalized spacial score (nSPS) is 18.1. The molecule has 1 aromatic rings. The smallest absolute Gasteiger partial charge is 0.123 e. The molecule has 18 heavy (non-hydrogen) atoms. The number of hydrogen-bond acceptors (Lipinski definition) is 3. The number of nitrogens with two attached hydrogens (primary N) is 1. The first kappa shape index (κ1) is 13.2. The van der Waals surface area contributed by atoms with E-state index in [1.54, 1.807) is 7.11 Å². The zero-order valence-corrected chi connectivity index (χ0v) is 11.3. The molecule has 100 valence electrons. The molecule has 0 amide bonds. The van der Waals surface area contributed by atoms with Gasteiger partial charge in [0.1, 0.15) is 5.75 Å². The lowest BCUT2D eigenvalue weighted by atomic mass is 10.1. The Balaban J connectivity index is 2.04. The van der Waals surface area contributed by atoms with Crippen LogP contribution in [-0.4, -0.2) is 25.1 Å². The van der Waals surface area contributed by atoms with Crippen LogP contribution in [0.5, 0.6) is 5.75 Å². The number of nitrogen functional groups attached to an aromatic ring is 1. The number of methoxy groups -OCH3 is 1. The molecular weight excluding hydrogens is 224 g/mol. The minimum atomic E-state index is 0.817. The van der Waals surface area contributed by atoms with Crippen LogP contribution in [0.2, 0.25) is 0 Å². The highest BCUT2D eigenvalue weighted by molar-refractivity contribution is 5.47. The van der Waals surface area contributed by atoms with Crippen LogP contribution in [0.3, 0.4) is 0 Å². The molecule has 1 aliphatic heterocycles. The van der Waals surface area contributed by atoms with Gasteiger partial charge in [0.25, 0.3) is 0 Å². The van der Waals surface area contributed by atoms with Crippen LogP contribution >= 0.6 is 0 Å². The summed E-state index contributed by atoms with van der Waals surface area (Å²) in [6, 6.07) is 5.90. The van der Waals surface area contributed by atoms with E-state index in [9.17, 15) is 0 Å². The molecule has 2 rings (SSSR count). The van der Waals surface area contributed by atoms with Crippen molar-refractivity contribution in [2.45, 2.75) is 38.6 Å². The van der Waals surface area contributed by atoms with Crippen LogP contribution < -0.4 is 10.5 Å². The molecule has 3 heteroatoms. The van der Waals surface area contributed by atoms with Gasteiger partial charge in [-0.15, -0.1) is 0 Å². The standard InChI is InChI=1S/C15H24N2O/c1-18-15-8-7-14(16)11-13(15)12-17-9-5-3-2-4-6-10-17/h7-8,11H,2-6,9-10,12,16H2,1H3. The summed E-state index contributed by atoms with van der Waals surface area (Å²) < 4.78 is 5.42. The highest BCUT2D eigenvalue weighted by Crippen LogP contribution is 2.23. The van der Waals surface area contributed by atoms with E-state index in [-0.39, 0.29) is 0 Å². The highest BCUT2D eigenvalue weighted by Gasteiger charge is 2.11. The van der Waals surface area contributed by atoms with Crippen molar-refractivity contribution >= 4 is 5.69 Å². The van der Waals surface area contributed by atoms with Crippen LogP contribution in [0.1, 0.15) is 37.7 Å². The minimum Gasteiger partial charge on any atom is -0.496 e. The second-order valence-corrected chi connectivity index (χ2v) is 5.12. The largest absolute Gasteiger partial charge is 0.496 e. The molecule has 0 unspecified atom stereocenters. The van der Waals surface area contributed by atoms with Gasteiger partial charge in [-0.3, -0.25) is 4.90 Å². The van der Waals surface area contributed by atoms with Crippen molar-refractivity contribution in [3.8, 4) is 5.75 Å². The molecule has 0 aromatic heterocycles. The Labute approximate surface area is 110 Å². The van der Waals surface area contributed by atoms with Crippen molar-refractivity contribution in [2.24, 2.45) is 0 Å². The maximum Gasteiger partial charge on any atom is 0.123 e. The first-order chi connectivity index (χ1) is 8.79. The minimum absolute atomic E-state index is 0.817. The van der Waals surface area contributed by atoms with E-state index in [1.807, 2.05) is 18.2 Å². The molecule has 3 nitrogen and oxygen atoms in total. The second kappa shape index (κ2) is 6.64. The van der Waals surface area contributed by atoms with E-state index in [1.165, 1.54) is 50.8 Å². The fourth-order valence-corrected chi connectivity index (χ4v) is 2.63. The van der Waals surface area contributed by atoms with Gasteiger partial charge >= 0.3 is 0 Å². The summed E-state index contributed by atoms with van der Waals surface area (Å²) in [5.74, 6) is 0.950. The third-order valence-corrected chi connectivity index (χ3v) is 3.65. The average molecular weight is 248 g/mol. The molecule has 0 atom stereocenters. The highest BCUT2D eigenvalue weighted by atomic mass is 16.5. The molecule has 1 heterocycles. The predicted octanol–water partition coefficient (Wildman–Crippen LogP) is 3.04. The number of anilines is 1. The van der Waals surface area contributed by atoms with E-state index in [4.69, 9.17) is 10.5 Å². The lowest BCUT2D eigenvalue weighted by Gasteiger charge is -2.25. The SMILES string of the molecule is COc1ccc(N)cc1CN1CCCCCCC1. The fourth-order valence-electron chi connectivity index (χ4n) is 2.63. The van der Waals surface area contributed by atoms with Crippen molar-refractivity contribution in [2.75, 3.05) is 25.9 Å². The molecular formula is C15H24N2O. The second-order valence-electron chi connectivity index (χ2n) is 5.12. The van der Waals surface area contributed by atoms with Gasteiger partial charge in [-0.1, -0.05) is 19.3 Å². The summed E-state index contributed by atoms with van der Waals surface area (Å²) in [5.41, 5.74) is 7.89. The summed E-state index contributed by atoms with van der Waals surface area (Å²) in [6.07, 6.45) is 6.75. The summed E-state index contributed by atoms with van der Waals surface area (Å²) in [5, 5.41) is 0. The summed E-state index contributed by atoms with van der Waals surface area (Å²) in [4.78, 5) is 2.52. The first-order valence-electron chi connectivity index (χ1n) is 6.94. The maximum absolute atomic E-state index is 5.87. The van der Waals surface area contributed by atoms with E-state index in [2.05, 4.69) is 4.90 Å². The maximum atomic E-state index is 5.87. The Morgan fingerprint density at radius 2 is 1.78 bits per heavy atom. The Bertz CT molecular complexity index is 371. The number of likely N-dealkylation sites (tertiary alicyclic amines) is 1. The Morgan fingerprint density at radius 3 is 2.44 bits per heavy atom. The molecule has 0 aliphatic carbocycles. The number of hydrogen-bond donors (Lipinski definition) is 1. The Morgan fingerprint density at radius 1 is 1.11 bits per heavy atom. The number of benzene rings is 1. The van der Waals surface area contributed by atoms with Crippen molar-refractivity contribution < 1.29 is 4.74 Å². The Hall–Kier alpha value is -1.22. The van der Waals surface area contributed by atoms with Crippen molar-refractivity contribution in [1.29, 1.82) is 0 Å². The predicted molar refractivity (Wildman–Crippen MR) is 75.8 cm³/mol. The molecule has 1 saturated heterocycles. The number of rotatable bonds is 3. The first-order valence-corrected chi connectivity index (χ1v) is 6.94. The monoisotopic (exact) mass is 248 g/mol. The van der Waals surface area contributed by atoms with E-state index in [0.29, 0.717) is 0 Å². The molecule has 0 spiro atoms. The van der Waals surface area contributed by atoms with Crippen LogP contribution in [0.25, 0.3) is 0 Å². The van der Waals surface area contributed by atoms with E-state index >= 15 is 0 Å². The molecule has 0 radical (unpaired) electrons. The summed E-state index contributed by atoms with van der Waals surface area (Å²) >= 11 is 0. The van der Waals surface area contributed by atoms with Crippen molar-refractivity contribution in [3.05, 3.63) is 23.8 Å². The molecule has 0 saturated carbocycles. The fraction of sp³-hybridized carbons (Fsp3) is 0.600. The van der Waals surface area contributed by atoms with Gasteiger partial charge in [-0.05, 0) is 44.1 Å². The summed E-state index contributed by atoms with van der Waals surface area (Å²) in [7, 11) is 1.72. The topological polar surface area (TPSA) is 38.5 Å². The van der Waals surface area contributed by atoms with E-state index < -0.39 is 0 Å². The summed E-state index contributed by atoms with van der Waals surface area (Å²) in [6.45, 7) is 3.34. The third kappa shape index (κ3) is 3.64. The lowest BCUT2D eigenvalue weighted by Crippen LogP contribution is -2.27. The van der Waals surface area contributed by atoms with Gasteiger partial charge in [0.15, 0.2) is 0 Å². The van der Waals surface area contributed by atoms with E-state index in [0.717, 1.165) is 18.0 Å². The van der Waals surface area contributed by atoms with Gasteiger partial charge < -0.3 is 10.5 Å². The third-order valence-electron chi connectivity index (χ3n) is 3.65. The van der Waals surface area contributed by atoms with Gasteiger partial charge in [-0.25, -0.2) is 0 Å². The Kier molecular flexibility index (Phi) is 4.88. The van der Waals surface area contributed by atoms with Crippen molar-refractivity contribution in [1.82, 2.24) is 4.90 Å². The van der Waals surface area contributed by atoms with Gasteiger partial charge in [0.05, 0.1) is 7.11 Å². The molecule has 0 bridgehead atoms. The zero-order valence-electron chi connectivity index (χ0n) is 11.3. The molecule has 1 aliphatic rings. The van der Waals surface area contributed by atoms with Gasteiger partial charge in [-0.2, -0.15) is 0 Å². The number of ether oxygens (including phenoxy) is 1. The van der Waals surface area contributed by atoms with Gasteiger partial charge in [0.2, 0.25) is 0 Å². The number of nitrogens with zero attached hydrogens (tertiary/aromatic N) is 1. The van der Waals surface area contributed by atoms with Crippen LogP contribution in [-0.2, 0) is 6.54 Å². The lowest BCUT2D eigenvalue weighted by molar-refractivity contribution is 0.236. The quantitative estimate of drug-likeness (QED) is 0.836. The zero-order chi connectivity index (χ0) is 12.8. The van der Waals surface area contributed by atoms with Gasteiger partial charge in [0, 0.05) is 17.8 Å². The molecule has 2 N–H and O–H groups in total.